The van der Waals surface area contributed by atoms with Crippen LogP contribution in [0.4, 0.5) is 0 Å². The Balaban J connectivity index is 1.56. The van der Waals surface area contributed by atoms with Gasteiger partial charge in [0.1, 0.15) is 0 Å². The highest BCUT2D eigenvalue weighted by Gasteiger charge is 2.41. The normalized spacial score (nSPS) is 22.6. The number of rotatable bonds is 7. The topological polar surface area (TPSA) is 61.4 Å². The Bertz CT molecular complexity index is 258. The number of aliphatic hydroxyl groups excluding tert-OH is 1. The number of nitrogens with one attached hydrogen (secondary N) is 2. The van der Waals surface area contributed by atoms with Gasteiger partial charge in [-0.1, -0.05) is 12.8 Å². The van der Waals surface area contributed by atoms with Gasteiger partial charge in [0.2, 0.25) is 5.91 Å². The third kappa shape index (κ3) is 3.96. The zero-order chi connectivity index (χ0) is 12.1. The first-order valence-corrected chi connectivity index (χ1v) is 6.85. The van der Waals surface area contributed by atoms with Crippen LogP contribution in [0.3, 0.4) is 0 Å². The first kappa shape index (κ1) is 12.8. The Morgan fingerprint density at radius 2 is 2.00 bits per heavy atom. The zero-order valence-corrected chi connectivity index (χ0v) is 10.5. The van der Waals surface area contributed by atoms with Crippen molar-refractivity contribution in [1.82, 2.24) is 10.6 Å². The van der Waals surface area contributed by atoms with Crippen molar-refractivity contribution >= 4 is 5.91 Å². The van der Waals surface area contributed by atoms with Crippen LogP contribution < -0.4 is 10.6 Å². The third-order valence-electron chi connectivity index (χ3n) is 4.11. The molecular formula is C13H24N2O2. The van der Waals surface area contributed by atoms with Crippen LogP contribution in [-0.4, -0.2) is 36.8 Å². The van der Waals surface area contributed by atoms with E-state index in [1.807, 2.05) is 0 Å². The second-order valence-electron chi connectivity index (χ2n) is 5.63. The molecule has 2 saturated carbocycles. The summed E-state index contributed by atoms with van der Waals surface area (Å²) in [5.74, 6) is 0.122. The molecule has 0 aromatic rings. The summed E-state index contributed by atoms with van der Waals surface area (Å²) in [6, 6.07) is 0.414. The van der Waals surface area contributed by atoms with E-state index < -0.39 is 0 Å². The van der Waals surface area contributed by atoms with E-state index in [1.165, 1.54) is 25.7 Å². The van der Waals surface area contributed by atoms with E-state index in [0.717, 1.165) is 25.8 Å². The molecule has 0 bridgehead atoms. The van der Waals surface area contributed by atoms with Crippen molar-refractivity contribution < 1.29 is 9.90 Å². The maximum absolute atomic E-state index is 11.6. The average Bonchev–Trinajstić information content (AvgIpc) is 2.86. The van der Waals surface area contributed by atoms with Crippen molar-refractivity contribution in [1.29, 1.82) is 0 Å². The maximum Gasteiger partial charge on any atom is 0.234 e. The summed E-state index contributed by atoms with van der Waals surface area (Å²) in [7, 11) is 0. The third-order valence-corrected chi connectivity index (χ3v) is 4.11. The van der Waals surface area contributed by atoms with E-state index in [9.17, 15) is 4.79 Å². The summed E-state index contributed by atoms with van der Waals surface area (Å²) in [5, 5.41) is 15.2. The zero-order valence-electron chi connectivity index (χ0n) is 10.5. The summed E-state index contributed by atoms with van der Waals surface area (Å²) in [6.07, 6.45) is 8.01. The van der Waals surface area contributed by atoms with Gasteiger partial charge in [-0.15, -0.1) is 0 Å². The van der Waals surface area contributed by atoms with Crippen LogP contribution in [0.25, 0.3) is 0 Å². The molecule has 0 atom stereocenters. The fourth-order valence-corrected chi connectivity index (χ4v) is 2.72. The number of hydrogen-bond donors (Lipinski definition) is 3. The predicted molar refractivity (Wildman–Crippen MR) is 66.6 cm³/mol. The van der Waals surface area contributed by atoms with Crippen LogP contribution >= 0.6 is 0 Å². The molecule has 0 aromatic heterocycles. The van der Waals surface area contributed by atoms with E-state index in [-0.39, 0.29) is 12.5 Å². The molecule has 0 unspecified atom stereocenters. The van der Waals surface area contributed by atoms with E-state index in [4.69, 9.17) is 5.11 Å². The number of aliphatic hydroxyl groups is 1. The van der Waals surface area contributed by atoms with Crippen LogP contribution in [0.5, 0.6) is 0 Å². The highest BCUT2D eigenvalue weighted by Crippen LogP contribution is 2.47. The van der Waals surface area contributed by atoms with Gasteiger partial charge in [0, 0.05) is 19.2 Å². The number of amides is 1. The van der Waals surface area contributed by atoms with Crippen LogP contribution in [0.15, 0.2) is 0 Å². The highest BCUT2D eigenvalue weighted by molar-refractivity contribution is 5.78. The molecule has 2 aliphatic carbocycles. The summed E-state index contributed by atoms with van der Waals surface area (Å²) < 4.78 is 0. The van der Waals surface area contributed by atoms with Crippen molar-refractivity contribution in [2.24, 2.45) is 5.41 Å². The second-order valence-corrected chi connectivity index (χ2v) is 5.63. The lowest BCUT2D eigenvalue weighted by atomic mass is 10.0. The summed E-state index contributed by atoms with van der Waals surface area (Å²) in [5.41, 5.74) is 0.294. The first-order valence-electron chi connectivity index (χ1n) is 6.85. The van der Waals surface area contributed by atoms with Gasteiger partial charge >= 0.3 is 0 Å². The smallest absolute Gasteiger partial charge is 0.234 e. The van der Waals surface area contributed by atoms with Gasteiger partial charge in [0.05, 0.1) is 6.54 Å². The summed E-state index contributed by atoms with van der Waals surface area (Å²) in [6.45, 7) is 1.55. The van der Waals surface area contributed by atoms with Crippen molar-refractivity contribution in [3.8, 4) is 0 Å². The monoisotopic (exact) mass is 240 g/mol. The summed E-state index contributed by atoms with van der Waals surface area (Å²) >= 11 is 0. The van der Waals surface area contributed by atoms with Gasteiger partial charge in [-0.2, -0.15) is 0 Å². The van der Waals surface area contributed by atoms with Gasteiger partial charge in [-0.25, -0.2) is 0 Å². The van der Waals surface area contributed by atoms with Gasteiger partial charge in [-0.05, 0) is 37.5 Å². The Hall–Kier alpha value is -0.610. The Morgan fingerprint density at radius 3 is 2.59 bits per heavy atom. The molecule has 0 radical (unpaired) electrons. The SMILES string of the molecule is O=C(CNCC1(CCO)CC1)NC1CCCC1. The molecule has 98 valence electrons. The second kappa shape index (κ2) is 5.83. The summed E-state index contributed by atoms with van der Waals surface area (Å²) in [4.78, 5) is 11.6. The molecule has 2 aliphatic rings. The lowest BCUT2D eigenvalue weighted by Crippen LogP contribution is -2.40. The highest BCUT2D eigenvalue weighted by atomic mass is 16.3. The lowest BCUT2D eigenvalue weighted by molar-refractivity contribution is -0.120. The van der Waals surface area contributed by atoms with Crippen molar-refractivity contribution in [2.75, 3.05) is 19.7 Å². The quantitative estimate of drug-likeness (QED) is 0.617. The standard InChI is InChI=1S/C13H24N2O2/c16-8-7-13(5-6-13)10-14-9-12(17)15-11-3-1-2-4-11/h11,14,16H,1-10H2,(H,15,17). The molecule has 1 amide bonds. The number of carbonyl (C=O) groups is 1. The Morgan fingerprint density at radius 1 is 1.29 bits per heavy atom. The van der Waals surface area contributed by atoms with E-state index in [1.54, 1.807) is 0 Å². The van der Waals surface area contributed by atoms with Crippen molar-refractivity contribution in [2.45, 2.75) is 51.0 Å². The average molecular weight is 240 g/mol. The molecule has 3 N–H and O–H groups in total. The van der Waals surface area contributed by atoms with Gasteiger partial charge in [-0.3, -0.25) is 4.79 Å². The molecule has 4 heteroatoms. The fraction of sp³-hybridized carbons (Fsp3) is 0.923. The first-order chi connectivity index (χ1) is 8.24. The van der Waals surface area contributed by atoms with E-state index in [2.05, 4.69) is 10.6 Å². The molecule has 0 saturated heterocycles. The van der Waals surface area contributed by atoms with Gasteiger partial charge in [0.25, 0.3) is 0 Å². The molecule has 2 rings (SSSR count). The van der Waals surface area contributed by atoms with Crippen molar-refractivity contribution in [3.05, 3.63) is 0 Å². The van der Waals surface area contributed by atoms with Gasteiger partial charge in [0.15, 0.2) is 0 Å². The molecule has 0 aromatic carbocycles. The number of carbonyl (C=O) groups excluding carboxylic acids is 1. The van der Waals surface area contributed by atoms with Gasteiger partial charge < -0.3 is 15.7 Å². The molecule has 2 fully saturated rings. The Labute approximate surface area is 103 Å². The molecule has 0 heterocycles. The number of hydrogen-bond acceptors (Lipinski definition) is 3. The molecule has 4 nitrogen and oxygen atoms in total. The van der Waals surface area contributed by atoms with Crippen LogP contribution in [-0.2, 0) is 4.79 Å². The van der Waals surface area contributed by atoms with E-state index >= 15 is 0 Å². The minimum absolute atomic E-state index is 0.122. The minimum Gasteiger partial charge on any atom is -0.396 e. The van der Waals surface area contributed by atoms with Crippen molar-refractivity contribution in [3.63, 3.8) is 0 Å². The fourth-order valence-electron chi connectivity index (χ4n) is 2.72. The van der Waals surface area contributed by atoms with Crippen LogP contribution in [0.1, 0.15) is 44.9 Å². The maximum atomic E-state index is 11.6. The predicted octanol–water partition coefficient (Wildman–Crippen LogP) is 0.797. The molecule has 0 aliphatic heterocycles. The minimum atomic E-state index is 0.122. The molecular weight excluding hydrogens is 216 g/mol. The van der Waals surface area contributed by atoms with E-state index in [0.29, 0.717) is 18.0 Å². The molecule has 0 spiro atoms. The molecule has 17 heavy (non-hydrogen) atoms. The largest absolute Gasteiger partial charge is 0.396 e. The van der Waals surface area contributed by atoms with Crippen LogP contribution in [0.2, 0.25) is 0 Å². The van der Waals surface area contributed by atoms with Crippen LogP contribution in [0, 0.1) is 5.41 Å². The Kier molecular flexibility index (Phi) is 4.40. The lowest BCUT2D eigenvalue weighted by Gasteiger charge is -2.16.